The molecule has 0 aliphatic carbocycles. The third-order valence-corrected chi connectivity index (χ3v) is 4.38. The molecule has 0 radical (unpaired) electrons. The molecule has 0 aliphatic heterocycles. The highest BCUT2D eigenvalue weighted by atomic mass is 79.9. The highest BCUT2D eigenvalue weighted by Crippen LogP contribution is 2.24. The van der Waals surface area contributed by atoms with E-state index in [4.69, 9.17) is 11.6 Å². The third-order valence-electron chi connectivity index (χ3n) is 2.60. The van der Waals surface area contributed by atoms with E-state index < -0.39 is 0 Å². The zero-order chi connectivity index (χ0) is 14.0. The van der Waals surface area contributed by atoms with Gasteiger partial charge in [0, 0.05) is 19.7 Å². The van der Waals surface area contributed by atoms with Gasteiger partial charge in [0.1, 0.15) is 0 Å². The van der Waals surface area contributed by atoms with Gasteiger partial charge in [-0.05, 0) is 58.7 Å². The van der Waals surface area contributed by atoms with Gasteiger partial charge in [0.15, 0.2) is 0 Å². The number of carbonyl (C=O) groups is 1. The molecule has 2 aromatic rings. The topological polar surface area (TPSA) is 29.1 Å². The van der Waals surface area contributed by atoms with Crippen LogP contribution in [0.3, 0.4) is 0 Å². The number of hydrogen-bond donors (Lipinski definition) is 1. The lowest BCUT2D eigenvalue weighted by molar-refractivity contribution is 0.102. The number of anilines is 1. The van der Waals surface area contributed by atoms with Gasteiger partial charge in [-0.3, -0.25) is 4.79 Å². The number of amides is 1. The molecule has 0 spiro atoms. The number of halogens is 3. The Kier molecular flexibility index (Phi) is 4.66. The lowest BCUT2D eigenvalue weighted by Crippen LogP contribution is -2.12. The van der Waals surface area contributed by atoms with Gasteiger partial charge in [0.05, 0.1) is 5.56 Å². The highest BCUT2D eigenvalue weighted by Gasteiger charge is 2.11. The summed E-state index contributed by atoms with van der Waals surface area (Å²) in [6, 6.07) is 10.8. The van der Waals surface area contributed by atoms with E-state index in [1.807, 2.05) is 25.1 Å². The number of carbonyl (C=O) groups excluding carboxylic acids is 1. The van der Waals surface area contributed by atoms with Gasteiger partial charge in [-0.25, -0.2) is 0 Å². The fourth-order valence-electron chi connectivity index (χ4n) is 1.54. The maximum Gasteiger partial charge on any atom is 0.256 e. The van der Waals surface area contributed by atoms with Gasteiger partial charge in [-0.2, -0.15) is 0 Å². The maximum absolute atomic E-state index is 12.2. The molecule has 0 bridgehead atoms. The first-order valence-corrected chi connectivity index (χ1v) is 7.46. The Balaban J connectivity index is 2.25. The van der Waals surface area contributed by atoms with E-state index in [0.717, 1.165) is 15.7 Å². The molecule has 1 N–H and O–H groups in total. The quantitative estimate of drug-likeness (QED) is 0.712. The van der Waals surface area contributed by atoms with E-state index in [0.29, 0.717) is 15.1 Å². The highest BCUT2D eigenvalue weighted by molar-refractivity contribution is 9.10. The summed E-state index contributed by atoms with van der Waals surface area (Å²) in [7, 11) is 0. The Hall–Kier alpha value is -0.840. The number of benzene rings is 2. The van der Waals surface area contributed by atoms with Crippen molar-refractivity contribution in [2.24, 2.45) is 0 Å². The third kappa shape index (κ3) is 3.59. The fourth-order valence-corrected chi connectivity index (χ4v) is 2.52. The molecule has 0 aromatic heterocycles. The van der Waals surface area contributed by atoms with Gasteiger partial charge < -0.3 is 5.32 Å². The van der Waals surface area contributed by atoms with Crippen molar-refractivity contribution in [3.05, 3.63) is 61.5 Å². The van der Waals surface area contributed by atoms with Gasteiger partial charge in [-0.15, -0.1) is 0 Å². The van der Waals surface area contributed by atoms with Gasteiger partial charge in [0.2, 0.25) is 0 Å². The van der Waals surface area contributed by atoms with E-state index in [1.54, 1.807) is 18.2 Å². The monoisotopic (exact) mass is 401 g/mol. The van der Waals surface area contributed by atoms with Crippen molar-refractivity contribution in [1.82, 2.24) is 0 Å². The molecule has 0 atom stereocenters. The molecule has 2 aromatic carbocycles. The summed E-state index contributed by atoms with van der Waals surface area (Å²) < 4.78 is 1.66. The van der Waals surface area contributed by atoms with Crippen molar-refractivity contribution >= 4 is 55.1 Å². The molecule has 0 fully saturated rings. The summed E-state index contributed by atoms with van der Waals surface area (Å²) in [5, 5.41) is 3.36. The Bertz CT molecular complexity index is 643. The lowest BCUT2D eigenvalue weighted by Gasteiger charge is -2.08. The first-order chi connectivity index (χ1) is 8.97. The molecule has 0 saturated heterocycles. The molecule has 2 nitrogen and oxygen atoms in total. The first-order valence-electron chi connectivity index (χ1n) is 5.50. The van der Waals surface area contributed by atoms with Gasteiger partial charge in [-0.1, -0.05) is 33.6 Å². The SMILES string of the molecule is Cc1ccc(NC(=O)c2cc(Cl)ccc2Br)cc1Br. The number of nitrogens with one attached hydrogen (secondary N) is 1. The van der Waals surface area contributed by atoms with Crippen molar-refractivity contribution in [3.63, 3.8) is 0 Å². The van der Waals surface area contributed by atoms with Crippen LogP contribution < -0.4 is 5.32 Å². The summed E-state index contributed by atoms with van der Waals surface area (Å²) in [5.74, 6) is -0.204. The zero-order valence-electron chi connectivity index (χ0n) is 10.0. The van der Waals surface area contributed by atoms with E-state index in [-0.39, 0.29) is 5.91 Å². The summed E-state index contributed by atoms with van der Waals surface area (Å²) in [6.45, 7) is 1.99. The molecule has 19 heavy (non-hydrogen) atoms. The molecule has 98 valence electrons. The predicted molar refractivity (Wildman–Crippen MR) is 86.0 cm³/mol. The van der Waals surface area contributed by atoms with Crippen molar-refractivity contribution in [2.45, 2.75) is 6.92 Å². The van der Waals surface area contributed by atoms with Crippen LogP contribution in [0.5, 0.6) is 0 Å². The van der Waals surface area contributed by atoms with Crippen molar-refractivity contribution in [2.75, 3.05) is 5.32 Å². The van der Waals surface area contributed by atoms with Crippen LogP contribution in [0.25, 0.3) is 0 Å². The standard InChI is InChI=1S/C14H10Br2ClNO/c1-8-2-4-10(7-13(8)16)18-14(19)11-6-9(17)3-5-12(11)15/h2-7H,1H3,(H,18,19). The molecule has 0 heterocycles. The van der Waals surface area contributed by atoms with E-state index in [2.05, 4.69) is 37.2 Å². The van der Waals surface area contributed by atoms with Crippen LogP contribution in [-0.4, -0.2) is 5.91 Å². The maximum atomic E-state index is 12.2. The summed E-state index contributed by atoms with van der Waals surface area (Å²) in [6.07, 6.45) is 0. The van der Waals surface area contributed by atoms with Crippen LogP contribution in [0, 0.1) is 6.92 Å². The zero-order valence-corrected chi connectivity index (χ0v) is 13.9. The van der Waals surface area contributed by atoms with Crippen molar-refractivity contribution in [3.8, 4) is 0 Å². The van der Waals surface area contributed by atoms with Crippen LogP contribution in [0.4, 0.5) is 5.69 Å². The lowest BCUT2D eigenvalue weighted by atomic mass is 10.2. The molecule has 0 unspecified atom stereocenters. The first kappa shape index (κ1) is 14.6. The Morgan fingerprint density at radius 2 is 1.84 bits per heavy atom. The smallest absolute Gasteiger partial charge is 0.256 e. The molecule has 1 amide bonds. The van der Waals surface area contributed by atoms with Gasteiger partial charge in [0.25, 0.3) is 5.91 Å². The number of aryl methyl sites for hydroxylation is 1. The molecular weight excluding hydrogens is 393 g/mol. The van der Waals surface area contributed by atoms with E-state index >= 15 is 0 Å². The van der Waals surface area contributed by atoms with Crippen molar-refractivity contribution in [1.29, 1.82) is 0 Å². The number of rotatable bonds is 2. The van der Waals surface area contributed by atoms with Crippen LogP contribution in [0.1, 0.15) is 15.9 Å². The predicted octanol–water partition coefficient (Wildman–Crippen LogP) is 5.43. The second-order valence-electron chi connectivity index (χ2n) is 4.04. The normalized spacial score (nSPS) is 10.3. The van der Waals surface area contributed by atoms with Gasteiger partial charge >= 0.3 is 0 Å². The average molecular weight is 404 g/mol. The second kappa shape index (κ2) is 6.07. The second-order valence-corrected chi connectivity index (χ2v) is 6.19. The summed E-state index contributed by atoms with van der Waals surface area (Å²) >= 11 is 12.7. The van der Waals surface area contributed by atoms with E-state index in [9.17, 15) is 4.79 Å². The minimum Gasteiger partial charge on any atom is -0.322 e. The molecule has 0 aliphatic rings. The average Bonchev–Trinajstić information content (AvgIpc) is 2.36. The summed E-state index contributed by atoms with van der Waals surface area (Å²) in [5.41, 5.74) is 2.35. The molecular formula is C14H10Br2ClNO. The number of hydrogen-bond acceptors (Lipinski definition) is 1. The van der Waals surface area contributed by atoms with Crippen molar-refractivity contribution < 1.29 is 4.79 Å². The Labute approximate surface area is 133 Å². The summed E-state index contributed by atoms with van der Waals surface area (Å²) in [4.78, 5) is 12.2. The van der Waals surface area contributed by atoms with E-state index in [1.165, 1.54) is 0 Å². The van der Waals surface area contributed by atoms with Crippen LogP contribution in [0.2, 0.25) is 5.02 Å². The minimum absolute atomic E-state index is 0.204. The van der Waals surface area contributed by atoms with Crippen LogP contribution >= 0.6 is 43.5 Å². The molecule has 5 heteroatoms. The Morgan fingerprint density at radius 3 is 2.53 bits per heavy atom. The van der Waals surface area contributed by atoms with Crippen LogP contribution in [-0.2, 0) is 0 Å². The largest absolute Gasteiger partial charge is 0.322 e. The Morgan fingerprint density at radius 1 is 1.11 bits per heavy atom. The fraction of sp³-hybridized carbons (Fsp3) is 0.0714. The van der Waals surface area contributed by atoms with Crippen LogP contribution in [0.15, 0.2) is 45.3 Å². The minimum atomic E-state index is -0.204. The molecule has 2 rings (SSSR count). The molecule has 0 saturated carbocycles.